The molecule has 0 unspecified atom stereocenters. The average Bonchev–Trinajstić information content (AvgIpc) is 3.34. The largest absolute Gasteiger partial charge is 0.467 e. The van der Waals surface area contributed by atoms with Crippen LogP contribution in [0.25, 0.3) is 11.4 Å². The van der Waals surface area contributed by atoms with Gasteiger partial charge in [-0.05, 0) is 36.4 Å². The number of aromatic nitrogens is 3. The number of thioether (sulfide) groups is 1. The van der Waals surface area contributed by atoms with E-state index in [0.29, 0.717) is 35.6 Å². The Labute approximate surface area is 153 Å². The number of benzene rings is 1. The summed E-state index contributed by atoms with van der Waals surface area (Å²) in [4.78, 5) is 11.8. The molecule has 0 saturated carbocycles. The molecule has 1 aliphatic rings. The van der Waals surface area contributed by atoms with Crippen LogP contribution in [0.3, 0.4) is 0 Å². The van der Waals surface area contributed by atoms with Crippen molar-refractivity contribution in [3.8, 4) is 11.4 Å². The van der Waals surface area contributed by atoms with Crippen LogP contribution in [-0.4, -0.2) is 32.6 Å². The van der Waals surface area contributed by atoms with Crippen molar-refractivity contribution in [2.75, 3.05) is 6.61 Å². The Hall–Kier alpha value is -2.25. The summed E-state index contributed by atoms with van der Waals surface area (Å²) in [6.45, 7) is 0.926. The summed E-state index contributed by atoms with van der Waals surface area (Å²) in [5, 5.41) is 9.67. The number of hydrogen-bond donors (Lipinski definition) is 0. The second kappa shape index (κ2) is 6.93. The van der Waals surface area contributed by atoms with Crippen LogP contribution in [0.5, 0.6) is 0 Å². The number of rotatable bonds is 5. The standard InChI is InChI=1S/C17H14ClN3O3S/c18-12-5-3-11(4-6-12)15-19-20-17(25-14-7-9-24-16(14)22)21(15)10-13-2-1-8-23-13/h1-6,8,14H,7,9-10H2/t14-/m1/s1. The highest BCUT2D eigenvalue weighted by Gasteiger charge is 2.30. The summed E-state index contributed by atoms with van der Waals surface area (Å²) in [5.41, 5.74) is 0.893. The lowest BCUT2D eigenvalue weighted by molar-refractivity contribution is -0.137. The van der Waals surface area contributed by atoms with Crippen molar-refractivity contribution in [3.63, 3.8) is 0 Å². The fourth-order valence-corrected chi connectivity index (χ4v) is 3.73. The summed E-state index contributed by atoms with van der Waals surface area (Å²) in [6, 6.07) is 11.1. The van der Waals surface area contributed by atoms with Crippen LogP contribution in [0.4, 0.5) is 0 Å². The number of carbonyl (C=O) groups excluding carboxylic acids is 1. The molecular formula is C17H14ClN3O3S. The van der Waals surface area contributed by atoms with Gasteiger partial charge in [-0.1, -0.05) is 23.4 Å². The van der Waals surface area contributed by atoms with E-state index in [-0.39, 0.29) is 11.2 Å². The maximum absolute atomic E-state index is 11.8. The van der Waals surface area contributed by atoms with Crippen LogP contribution in [0, 0.1) is 0 Å². The van der Waals surface area contributed by atoms with E-state index in [1.165, 1.54) is 11.8 Å². The molecule has 1 aliphatic heterocycles. The SMILES string of the molecule is O=C1OCC[C@H]1Sc1nnc(-c2ccc(Cl)cc2)n1Cc1ccco1. The number of carbonyl (C=O) groups is 1. The second-order valence-electron chi connectivity index (χ2n) is 5.54. The van der Waals surface area contributed by atoms with E-state index in [0.717, 1.165) is 11.3 Å². The van der Waals surface area contributed by atoms with Gasteiger partial charge in [-0.2, -0.15) is 0 Å². The van der Waals surface area contributed by atoms with Crippen molar-refractivity contribution in [3.05, 3.63) is 53.4 Å². The Morgan fingerprint density at radius 1 is 1.24 bits per heavy atom. The van der Waals surface area contributed by atoms with Gasteiger partial charge in [-0.25, -0.2) is 0 Å². The Morgan fingerprint density at radius 2 is 2.08 bits per heavy atom. The van der Waals surface area contributed by atoms with Crippen LogP contribution in [0.1, 0.15) is 12.2 Å². The molecule has 0 radical (unpaired) electrons. The third kappa shape index (κ3) is 3.43. The number of furan rings is 1. The first-order valence-electron chi connectivity index (χ1n) is 7.75. The van der Waals surface area contributed by atoms with Gasteiger partial charge >= 0.3 is 5.97 Å². The molecule has 3 heterocycles. The van der Waals surface area contributed by atoms with Gasteiger partial charge in [0.25, 0.3) is 0 Å². The van der Waals surface area contributed by atoms with Crippen LogP contribution >= 0.6 is 23.4 Å². The third-order valence-corrected chi connectivity index (χ3v) is 5.33. The summed E-state index contributed by atoms with van der Waals surface area (Å²) in [6.07, 6.45) is 2.30. The Kier molecular flexibility index (Phi) is 4.50. The third-order valence-electron chi connectivity index (χ3n) is 3.85. The molecule has 128 valence electrons. The highest BCUT2D eigenvalue weighted by molar-refractivity contribution is 8.00. The number of nitrogens with zero attached hydrogens (tertiary/aromatic N) is 3. The zero-order chi connectivity index (χ0) is 17.2. The molecule has 0 bridgehead atoms. The van der Waals surface area contributed by atoms with E-state index in [4.69, 9.17) is 20.8 Å². The topological polar surface area (TPSA) is 70.2 Å². The van der Waals surface area contributed by atoms with Crippen LogP contribution in [0.15, 0.2) is 52.2 Å². The summed E-state index contributed by atoms with van der Waals surface area (Å²) < 4.78 is 12.4. The molecule has 0 spiro atoms. The molecule has 6 nitrogen and oxygen atoms in total. The molecule has 4 rings (SSSR count). The number of hydrogen-bond acceptors (Lipinski definition) is 6. The lowest BCUT2D eigenvalue weighted by Gasteiger charge is -2.10. The maximum atomic E-state index is 11.8. The minimum atomic E-state index is -0.252. The van der Waals surface area contributed by atoms with E-state index in [1.54, 1.807) is 6.26 Å². The molecule has 1 aromatic carbocycles. The van der Waals surface area contributed by atoms with E-state index < -0.39 is 0 Å². The van der Waals surface area contributed by atoms with Gasteiger partial charge in [0.15, 0.2) is 11.0 Å². The minimum Gasteiger partial charge on any atom is -0.467 e. The highest BCUT2D eigenvalue weighted by Crippen LogP contribution is 2.32. The average molecular weight is 376 g/mol. The molecule has 1 fully saturated rings. The molecule has 3 aromatic rings. The zero-order valence-electron chi connectivity index (χ0n) is 13.1. The summed E-state index contributed by atoms with van der Waals surface area (Å²) in [5.74, 6) is 1.28. The number of esters is 1. The summed E-state index contributed by atoms with van der Waals surface area (Å²) >= 11 is 7.35. The molecule has 0 aliphatic carbocycles. The fourth-order valence-electron chi connectivity index (χ4n) is 2.60. The lowest BCUT2D eigenvalue weighted by atomic mass is 10.2. The van der Waals surface area contributed by atoms with Crippen molar-refractivity contribution in [1.29, 1.82) is 0 Å². The van der Waals surface area contributed by atoms with Gasteiger partial charge in [0.1, 0.15) is 11.0 Å². The molecular weight excluding hydrogens is 362 g/mol. The molecule has 0 N–H and O–H groups in total. The van der Waals surface area contributed by atoms with Crippen LogP contribution in [-0.2, 0) is 16.1 Å². The number of ether oxygens (including phenoxy) is 1. The highest BCUT2D eigenvalue weighted by atomic mass is 35.5. The van der Waals surface area contributed by atoms with Crippen molar-refractivity contribution in [2.45, 2.75) is 23.4 Å². The van der Waals surface area contributed by atoms with Gasteiger partial charge in [-0.15, -0.1) is 10.2 Å². The number of halogens is 1. The van der Waals surface area contributed by atoms with Gasteiger partial charge in [-0.3, -0.25) is 9.36 Å². The lowest BCUT2D eigenvalue weighted by Crippen LogP contribution is -2.12. The van der Waals surface area contributed by atoms with Crippen molar-refractivity contribution in [2.24, 2.45) is 0 Å². The quantitative estimate of drug-likeness (QED) is 0.634. The Balaban J connectivity index is 1.70. The minimum absolute atomic E-state index is 0.203. The van der Waals surface area contributed by atoms with Gasteiger partial charge < -0.3 is 9.15 Å². The Morgan fingerprint density at radius 3 is 2.76 bits per heavy atom. The smallest absolute Gasteiger partial charge is 0.319 e. The van der Waals surface area contributed by atoms with Crippen molar-refractivity contribution >= 4 is 29.3 Å². The van der Waals surface area contributed by atoms with Crippen molar-refractivity contribution in [1.82, 2.24) is 14.8 Å². The van der Waals surface area contributed by atoms with E-state index in [9.17, 15) is 4.79 Å². The van der Waals surface area contributed by atoms with Gasteiger partial charge in [0.2, 0.25) is 0 Å². The predicted octanol–water partition coefficient (Wildman–Crippen LogP) is 3.65. The van der Waals surface area contributed by atoms with E-state index >= 15 is 0 Å². The van der Waals surface area contributed by atoms with Crippen molar-refractivity contribution < 1.29 is 13.9 Å². The molecule has 8 heteroatoms. The number of cyclic esters (lactones) is 1. The fraction of sp³-hybridized carbons (Fsp3) is 0.235. The first-order valence-corrected chi connectivity index (χ1v) is 9.01. The van der Waals surface area contributed by atoms with E-state index in [2.05, 4.69) is 10.2 Å². The molecule has 1 saturated heterocycles. The van der Waals surface area contributed by atoms with E-state index in [1.807, 2.05) is 41.0 Å². The van der Waals surface area contributed by atoms with Crippen LogP contribution < -0.4 is 0 Å². The molecule has 0 amide bonds. The molecule has 2 aromatic heterocycles. The predicted molar refractivity (Wildman–Crippen MR) is 93.5 cm³/mol. The monoisotopic (exact) mass is 375 g/mol. The first kappa shape index (κ1) is 16.2. The van der Waals surface area contributed by atoms with Gasteiger partial charge in [0.05, 0.1) is 19.4 Å². The second-order valence-corrected chi connectivity index (χ2v) is 7.15. The van der Waals surface area contributed by atoms with Gasteiger partial charge in [0, 0.05) is 17.0 Å². The Bertz CT molecular complexity index is 877. The molecule has 1 atom stereocenters. The molecule has 25 heavy (non-hydrogen) atoms. The zero-order valence-corrected chi connectivity index (χ0v) is 14.7. The normalized spacial score (nSPS) is 17.0. The van der Waals surface area contributed by atoms with Crippen LogP contribution in [0.2, 0.25) is 5.02 Å². The maximum Gasteiger partial charge on any atom is 0.319 e. The summed E-state index contributed by atoms with van der Waals surface area (Å²) in [7, 11) is 0. The first-order chi connectivity index (χ1) is 12.2.